The largest absolute Gasteiger partial charge is 0.307 e. The third-order valence-electron chi connectivity index (χ3n) is 17.9. The van der Waals surface area contributed by atoms with Gasteiger partial charge in [0.1, 0.15) is 11.6 Å². The Labute approximate surface area is 534 Å². The molecule has 16 aromatic rings. The second-order valence-electron chi connectivity index (χ2n) is 23.4. The Morgan fingerprint density at radius 2 is 0.457 bits per heavy atom. The highest BCUT2D eigenvalue weighted by atomic mass is 19.1. The van der Waals surface area contributed by atoms with Gasteiger partial charge in [0.25, 0.3) is 0 Å². The summed E-state index contributed by atoms with van der Waals surface area (Å²) in [4.78, 5) is 4.21. The molecular weight excluding hydrogens is 1120 g/mol. The zero-order valence-electron chi connectivity index (χ0n) is 50.1. The molecule has 0 bridgehead atoms. The molecule has 16 rings (SSSR count). The summed E-state index contributed by atoms with van der Waals surface area (Å²) in [5.41, 5.74) is 19.1. The van der Waals surface area contributed by atoms with Crippen molar-refractivity contribution in [2.75, 3.05) is 9.80 Å². The second kappa shape index (κ2) is 23.8. The Kier molecular flexibility index (Phi) is 14.3. The lowest BCUT2D eigenvalue weighted by Gasteiger charge is -2.31. The SMILES string of the molecule is Fc1cc(-c2cccc(-c3ccccc3)c2)cc(-c2cccc(-c3ccccc3)c2)c1N(c1ccccc1)c1ccc2ccc3c(N(c4ccccc4)c4c(F)cc(-c5cccc(-c6ccccc6)c5)cc4-c4cccc(-c5ccccc5)c4)ccc4ccc1c2c43. The van der Waals surface area contributed by atoms with Crippen molar-refractivity contribution in [2.45, 2.75) is 0 Å². The standard InChI is InChI=1S/C88H58F2N2/c89-81-57-73(69-35-19-31-65(51-69)59-23-7-1-8-24-59)55-79(71-37-21-33-67(53-71)61-27-11-3-12-28-61)87(81)91(75-39-15-5-16-40-75)83-49-45-63-44-48-78-84(50-46-64-43-47-77(83)85(63)86(64)78)92(76-41-17-6-18-42-76)88-80(72-38-22-34-68(54-72)62-29-13-4-14-30-62)56-74(58-82(88)90)70-36-20-32-66(52-70)60-25-9-2-10-26-60/h1-58H. The van der Waals surface area contributed by atoms with Crippen LogP contribution in [0.1, 0.15) is 0 Å². The summed E-state index contributed by atoms with van der Waals surface area (Å²) in [5.74, 6) is -0.741. The summed E-state index contributed by atoms with van der Waals surface area (Å²) in [7, 11) is 0. The van der Waals surface area contributed by atoms with Crippen molar-refractivity contribution in [1.29, 1.82) is 0 Å². The van der Waals surface area contributed by atoms with Crippen molar-refractivity contribution in [3.8, 4) is 89.0 Å². The average molecular weight is 1180 g/mol. The number of hydrogen-bond acceptors (Lipinski definition) is 2. The van der Waals surface area contributed by atoms with E-state index in [0.29, 0.717) is 11.4 Å². The molecule has 0 aliphatic carbocycles. The summed E-state index contributed by atoms with van der Waals surface area (Å²) in [6, 6.07) is 120. The first kappa shape index (κ1) is 55.3. The maximum atomic E-state index is 18.6. The third kappa shape index (κ3) is 10.3. The first-order valence-electron chi connectivity index (χ1n) is 31.2. The molecular formula is C88H58F2N2. The van der Waals surface area contributed by atoms with Gasteiger partial charge in [-0.1, -0.05) is 267 Å². The number of benzene rings is 16. The molecule has 0 heterocycles. The van der Waals surface area contributed by atoms with Crippen molar-refractivity contribution in [1.82, 2.24) is 0 Å². The minimum Gasteiger partial charge on any atom is -0.307 e. The van der Waals surface area contributed by atoms with Gasteiger partial charge in [-0.05, 0) is 184 Å². The molecule has 2 nitrogen and oxygen atoms in total. The van der Waals surface area contributed by atoms with Crippen LogP contribution in [0.3, 0.4) is 0 Å². The number of anilines is 6. The Balaban J connectivity index is 0.914. The fourth-order valence-corrected chi connectivity index (χ4v) is 13.5. The number of para-hydroxylation sites is 2. The highest BCUT2D eigenvalue weighted by Gasteiger charge is 2.29. The van der Waals surface area contributed by atoms with E-state index in [1.165, 1.54) is 0 Å². The summed E-state index contributed by atoms with van der Waals surface area (Å²) in [6.07, 6.45) is 0. The van der Waals surface area contributed by atoms with Crippen LogP contribution in [0.2, 0.25) is 0 Å². The van der Waals surface area contributed by atoms with Gasteiger partial charge in [0.05, 0.1) is 22.7 Å². The maximum Gasteiger partial charge on any atom is 0.148 e. The van der Waals surface area contributed by atoms with E-state index in [4.69, 9.17) is 0 Å². The van der Waals surface area contributed by atoms with Gasteiger partial charge in [-0.2, -0.15) is 0 Å². The fourth-order valence-electron chi connectivity index (χ4n) is 13.5. The van der Waals surface area contributed by atoms with E-state index in [0.717, 1.165) is 144 Å². The van der Waals surface area contributed by atoms with Crippen LogP contribution in [0.5, 0.6) is 0 Å². The summed E-state index contributed by atoms with van der Waals surface area (Å²) < 4.78 is 37.3. The van der Waals surface area contributed by atoms with E-state index < -0.39 is 0 Å². The van der Waals surface area contributed by atoms with E-state index in [9.17, 15) is 0 Å². The van der Waals surface area contributed by atoms with Crippen molar-refractivity contribution in [3.63, 3.8) is 0 Å². The molecule has 0 N–H and O–H groups in total. The molecule has 0 aromatic heterocycles. The van der Waals surface area contributed by atoms with Crippen LogP contribution in [-0.4, -0.2) is 0 Å². The average Bonchev–Trinajstić information content (AvgIpc) is 0.725. The van der Waals surface area contributed by atoms with Crippen LogP contribution in [0.4, 0.5) is 42.9 Å². The normalized spacial score (nSPS) is 11.4. The zero-order chi connectivity index (χ0) is 61.5. The quantitative estimate of drug-likeness (QED) is 0.100. The van der Waals surface area contributed by atoms with Crippen LogP contribution in [-0.2, 0) is 0 Å². The Morgan fingerprint density at radius 1 is 0.196 bits per heavy atom. The highest BCUT2D eigenvalue weighted by molar-refractivity contribution is 6.28. The minimum absolute atomic E-state index is 0.370. The minimum atomic E-state index is -0.370. The third-order valence-corrected chi connectivity index (χ3v) is 17.9. The second-order valence-corrected chi connectivity index (χ2v) is 23.4. The Hall–Kier alpha value is -12.0. The van der Waals surface area contributed by atoms with Gasteiger partial charge in [0.2, 0.25) is 0 Å². The van der Waals surface area contributed by atoms with Gasteiger partial charge < -0.3 is 9.80 Å². The Morgan fingerprint density at radius 3 is 0.783 bits per heavy atom. The predicted molar refractivity (Wildman–Crippen MR) is 383 cm³/mol. The molecule has 92 heavy (non-hydrogen) atoms. The van der Waals surface area contributed by atoms with Gasteiger partial charge in [-0.3, -0.25) is 0 Å². The van der Waals surface area contributed by atoms with Gasteiger partial charge in [0.15, 0.2) is 0 Å². The van der Waals surface area contributed by atoms with Crippen molar-refractivity contribution in [3.05, 3.63) is 363 Å². The molecule has 0 atom stereocenters. The lowest BCUT2D eigenvalue weighted by atomic mass is 9.90. The number of rotatable bonds is 14. The molecule has 0 aliphatic rings. The van der Waals surface area contributed by atoms with Crippen LogP contribution >= 0.6 is 0 Å². The Bertz CT molecular complexity index is 5010. The van der Waals surface area contributed by atoms with Gasteiger partial charge >= 0.3 is 0 Å². The summed E-state index contributed by atoms with van der Waals surface area (Å²) in [6.45, 7) is 0. The van der Waals surface area contributed by atoms with Crippen LogP contribution in [0, 0.1) is 11.6 Å². The number of halogens is 2. The molecule has 0 saturated carbocycles. The van der Waals surface area contributed by atoms with Crippen molar-refractivity contribution in [2.24, 2.45) is 0 Å². The first-order valence-corrected chi connectivity index (χ1v) is 31.2. The predicted octanol–water partition coefficient (Wildman–Crippen LogP) is 25.1. The zero-order valence-corrected chi connectivity index (χ0v) is 50.1. The summed E-state index contributed by atoms with van der Waals surface area (Å²) >= 11 is 0. The van der Waals surface area contributed by atoms with Crippen molar-refractivity contribution < 1.29 is 8.78 Å². The van der Waals surface area contributed by atoms with Gasteiger partial charge in [-0.25, -0.2) is 8.78 Å². The molecule has 0 amide bonds. The van der Waals surface area contributed by atoms with E-state index in [1.54, 1.807) is 12.1 Å². The van der Waals surface area contributed by atoms with E-state index in [-0.39, 0.29) is 11.6 Å². The lowest BCUT2D eigenvalue weighted by Crippen LogP contribution is -2.14. The molecule has 0 aliphatic heterocycles. The van der Waals surface area contributed by atoms with Crippen molar-refractivity contribution >= 4 is 66.4 Å². The smallest absolute Gasteiger partial charge is 0.148 e. The van der Waals surface area contributed by atoms with E-state index in [2.05, 4.69) is 228 Å². The van der Waals surface area contributed by atoms with E-state index in [1.807, 2.05) is 121 Å². The molecule has 0 spiro atoms. The van der Waals surface area contributed by atoms with Gasteiger partial charge in [0, 0.05) is 33.3 Å². The molecule has 16 aromatic carbocycles. The molecule has 434 valence electrons. The fraction of sp³-hybridized carbons (Fsp3) is 0. The lowest BCUT2D eigenvalue weighted by molar-refractivity contribution is 0.629. The van der Waals surface area contributed by atoms with Crippen LogP contribution < -0.4 is 9.80 Å². The number of hydrogen-bond donors (Lipinski definition) is 0. The molecule has 0 fully saturated rings. The highest BCUT2D eigenvalue weighted by Crippen LogP contribution is 2.52. The topological polar surface area (TPSA) is 6.48 Å². The van der Waals surface area contributed by atoms with Gasteiger partial charge in [-0.15, -0.1) is 0 Å². The molecule has 0 saturated heterocycles. The monoisotopic (exact) mass is 1180 g/mol. The first-order chi connectivity index (χ1) is 45.5. The number of nitrogens with zero attached hydrogens (tertiary/aromatic N) is 2. The summed E-state index contributed by atoms with van der Waals surface area (Å²) in [5, 5.41) is 5.94. The molecule has 0 unspecified atom stereocenters. The van der Waals surface area contributed by atoms with Crippen LogP contribution in [0.25, 0.3) is 121 Å². The molecule has 0 radical (unpaired) electrons. The van der Waals surface area contributed by atoms with Crippen LogP contribution in [0.15, 0.2) is 352 Å². The van der Waals surface area contributed by atoms with E-state index >= 15 is 8.78 Å². The molecule has 4 heteroatoms. The maximum absolute atomic E-state index is 18.6.